The first kappa shape index (κ1) is 18.8. The number of hydrogen-bond acceptors (Lipinski definition) is 1. The van der Waals surface area contributed by atoms with Crippen molar-refractivity contribution in [3.05, 3.63) is 0 Å². The Balaban J connectivity index is 2.15. The lowest BCUT2D eigenvalue weighted by Crippen LogP contribution is -2.44. The molecule has 2 nitrogen and oxygen atoms in total. The minimum atomic E-state index is 0.458. The summed E-state index contributed by atoms with van der Waals surface area (Å²) < 4.78 is 0. The van der Waals surface area contributed by atoms with Gasteiger partial charge in [0.2, 0.25) is 6.41 Å². The van der Waals surface area contributed by atoms with Gasteiger partial charge in [0.25, 0.3) is 0 Å². The molecule has 0 aromatic carbocycles. The fourth-order valence-corrected chi connectivity index (χ4v) is 5.54. The third kappa shape index (κ3) is 4.51. The Hall–Kier alpha value is -0.530. The Kier molecular flexibility index (Phi) is 6.98. The van der Waals surface area contributed by atoms with Crippen molar-refractivity contribution in [2.75, 3.05) is 7.05 Å². The zero-order valence-electron chi connectivity index (χ0n) is 16.0. The van der Waals surface area contributed by atoms with Gasteiger partial charge >= 0.3 is 0 Å². The fourth-order valence-electron chi connectivity index (χ4n) is 5.54. The van der Waals surface area contributed by atoms with Crippen molar-refractivity contribution < 1.29 is 4.79 Å². The van der Waals surface area contributed by atoms with E-state index in [4.69, 9.17) is 0 Å². The highest BCUT2D eigenvalue weighted by atomic mass is 16.1. The number of amides is 1. The van der Waals surface area contributed by atoms with Crippen LogP contribution in [0.4, 0.5) is 0 Å². The first-order valence-electron chi connectivity index (χ1n) is 10.2. The molecule has 2 saturated carbocycles. The molecule has 2 rings (SSSR count). The number of hydrogen-bond donors (Lipinski definition) is 0. The second-order valence-corrected chi connectivity index (χ2v) is 8.81. The highest BCUT2D eigenvalue weighted by Crippen LogP contribution is 2.49. The summed E-state index contributed by atoms with van der Waals surface area (Å²) in [6.07, 6.45) is 16.2. The number of carbonyl (C=O) groups excluding carboxylic acids is 1. The lowest BCUT2D eigenvalue weighted by atomic mass is 9.60. The molecule has 0 aliphatic heterocycles. The monoisotopic (exact) mass is 321 g/mol. The molecule has 0 aromatic heterocycles. The average Bonchev–Trinajstić information content (AvgIpc) is 2.66. The molecule has 23 heavy (non-hydrogen) atoms. The van der Waals surface area contributed by atoms with E-state index in [1.807, 2.05) is 11.9 Å². The highest BCUT2D eigenvalue weighted by molar-refractivity contribution is 5.47. The molecule has 2 fully saturated rings. The van der Waals surface area contributed by atoms with E-state index in [-0.39, 0.29) is 0 Å². The van der Waals surface area contributed by atoms with Crippen molar-refractivity contribution in [2.24, 2.45) is 23.2 Å². The van der Waals surface area contributed by atoms with Gasteiger partial charge in [0.1, 0.15) is 0 Å². The number of nitrogens with zero attached hydrogens (tertiary/aromatic N) is 1. The Morgan fingerprint density at radius 3 is 2.48 bits per heavy atom. The zero-order chi connectivity index (χ0) is 16.9. The van der Waals surface area contributed by atoms with E-state index in [0.717, 1.165) is 18.2 Å². The third-order valence-corrected chi connectivity index (χ3v) is 7.42. The van der Waals surface area contributed by atoms with Crippen LogP contribution in [0, 0.1) is 23.2 Å². The molecule has 2 aliphatic carbocycles. The van der Waals surface area contributed by atoms with Gasteiger partial charge in [-0.3, -0.25) is 4.79 Å². The Labute approximate surface area is 144 Å². The summed E-state index contributed by atoms with van der Waals surface area (Å²) in [4.78, 5) is 13.2. The summed E-state index contributed by atoms with van der Waals surface area (Å²) in [5.74, 6) is 2.34. The van der Waals surface area contributed by atoms with Crippen LogP contribution in [0.15, 0.2) is 0 Å². The smallest absolute Gasteiger partial charge is 0.209 e. The topological polar surface area (TPSA) is 20.3 Å². The van der Waals surface area contributed by atoms with Crippen molar-refractivity contribution in [2.45, 2.75) is 97.4 Å². The normalized spacial score (nSPS) is 39.8. The second kappa shape index (κ2) is 8.53. The van der Waals surface area contributed by atoms with Gasteiger partial charge in [-0.25, -0.2) is 0 Å². The molecular formula is C21H39NO. The molecule has 5 unspecified atom stereocenters. The molecule has 2 heteroatoms. The molecule has 0 bridgehead atoms. The lowest BCUT2D eigenvalue weighted by Gasteiger charge is -2.47. The first-order valence-corrected chi connectivity index (χ1v) is 10.2. The molecule has 0 N–H and O–H groups in total. The number of carbonyl (C=O) groups is 1. The van der Waals surface area contributed by atoms with Crippen molar-refractivity contribution in [3.8, 4) is 0 Å². The van der Waals surface area contributed by atoms with Gasteiger partial charge in [-0.2, -0.15) is 0 Å². The van der Waals surface area contributed by atoms with Crippen molar-refractivity contribution in [1.82, 2.24) is 4.90 Å². The maximum Gasteiger partial charge on any atom is 0.209 e. The summed E-state index contributed by atoms with van der Waals surface area (Å²) in [5.41, 5.74) is 0.514. The summed E-state index contributed by atoms with van der Waals surface area (Å²) in [6, 6.07) is 0.458. The van der Waals surface area contributed by atoms with Crippen LogP contribution in [0.2, 0.25) is 0 Å². The minimum absolute atomic E-state index is 0.458. The average molecular weight is 322 g/mol. The van der Waals surface area contributed by atoms with Crippen LogP contribution in [-0.4, -0.2) is 24.4 Å². The van der Waals surface area contributed by atoms with E-state index in [2.05, 4.69) is 20.8 Å². The van der Waals surface area contributed by atoms with Crippen LogP contribution >= 0.6 is 0 Å². The van der Waals surface area contributed by atoms with Gasteiger partial charge in [-0.05, 0) is 55.3 Å². The Morgan fingerprint density at radius 1 is 1.09 bits per heavy atom. The quantitative estimate of drug-likeness (QED) is 0.612. The van der Waals surface area contributed by atoms with Gasteiger partial charge in [0.05, 0.1) is 0 Å². The van der Waals surface area contributed by atoms with Gasteiger partial charge in [0.15, 0.2) is 0 Å². The Bertz CT molecular complexity index is 369. The standard InChI is InChI=1S/C21H39NO/c1-5-21(3)14-10-8-6-7-9-11-19(21)18-13-12-17(2)20(15-18)22(4)16-23/h16-20H,5-15H2,1-4H3. The van der Waals surface area contributed by atoms with Crippen LogP contribution in [0.3, 0.4) is 0 Å². The summed E-state index contributed by atoms with van der Waals surface area (Å²) >= 11 is 0. The molecule has 2 aliphatic rings. The van der Waals surface area contributed by atoms with E-state index in [9.17, 15) is 4.79 Å². The molecule has 0 spiro atoms. The lowest BCUT2D eigenvalue weighted by molar-refractivity contribution is -0.121. The van der Waals surface area contributed by atoms with Crippen molar-refractivity contribution >= 4 is 6.41 Å². The van der Waals surface area contributed by atoms with E-state index >= 15 is 0 Å². The van der Waals surface area contributed by atoms with Crippen LogP contribution in [0.1, 0.15) is 91.4 Å². The van der Waals surface area contributed by atoms with Crippen LogP contribution in [0.5, 0.6) is 0 Å². The SMILES string of the molecule is CCC1(C)CCCCCCCC1C1CCC(C)C(N(C)C=O)C1. The molecular weight excluding hydrogens is 282 g/mol. The summed E-state index contributed by atoms with van der Waals surface area (Å²) in [6.45, 7) is 7.31. The second-order valence-electron chi connectivity index (χ2n) is 8.81. The van der Waals surface area contributed by atoms with Crippen LogP contribution in [-0.2, 0) is 4.79 Å². The minimum Gasteiger partial charge on any atom is -0.345 e. The van der Waals surface area contributed by atoms with E-state index in [1.165, 1.54) is 70.6 Å². The highest BCUT2D eigenvalue weighted by Gasteiger charge is 2.41. The molecule has 5 atom stereocenters. The van der Waals surface area contributed by atoms with Crippen molar-refractivity contribution in [3.63, 3.8) is 0 Å². The predicted octanol–water partition coefficient (Wildman–Crippen LogP) is 5.66. The molecule has 134 valence electrons. The first-order chi connectivity index (χ1) is 11.0. The zero-order valence-corrected chi connectivity index (χ0v) is 16.0. The van der Waals surface area contributed by atoms with Gasteiger partial charge in [-0.15, -0.1) is 0 Å². The molecule has 0 aromatic rings. The number of rotatable bonds is 4. The fraction of sp³-hybridized carbons (Fsp3) is 0.952. The summed E-state index contributed by atoms with van der Waals surface area (Å²) in [7, 11) is 1.98. The summed E-state index contributed by atoms with van der Waals surface area (Å²) in [5, 5.41) is 0. The predicted molar refractivity (Wildman–Crippen MR) is 98.3 cm³/mol. The molecule has 1 amide bonds. The van der Waals surface area contributed by atoms with Gasteiger partial charge in [-0.1, -0.05) is 59.3 Å². The van der Waals surface area contributed by atoms with Gasteiger partial charge in [0, 0.05) is 13.1 Å². The van der Waals surface area contributed by atoms with Crippen molar-refractivity contribution in [1.29, 1.82) is 0 Å². The maximum atomic E-state index is 11.3. The maximum absolute atomic E-state index is 11.3. The van der Waals surface area contributed by atoms with E-state index in [0.29, 0.717) is 17.4 Å². The van der Waals surface area contributed by atoms with E-state index in [1.54, 1.807) is 0 Å². The molecule has 0 saturated heterocycles. The molecule has 0 radical (unpaired) electrons. The van der Waals surface area contributed by atoms with Crippen LogP contribution in [0.25, 0.3) is 0 Å². The largest absolute Gasteiger partial charge is 0.345 e. The van der Waals surface area contributed by atoms with Gasteiger partial charge < -0.3 is 4.90 Å². The van der Waals surface area contributed by atoms with E-state index < -0.39 is 0 Å². The Morgan fingerprint density at radius 2 is 1.78 bits per heavy atom. The third-order valence-electron chi connectivity index (χ3n) is 7.42. The van der Waals surface area contributed by atoms with Crippen LogP contribution < -0.4 is 0 Å². The molecule has 0 heterocycles.